The van der Waals surface area contributed by atoms with Crippen LogP contribution >= 0.6 is 11.3 Å². The largest absolute Gasteiger partial charge is 0.378 e. The normalized spacial score (nSPS) is 12.5. The number of anilines is 1. The predicted octanol–water partition coefficient (Wildman–Crippen LogP) is 4.78. The molecule has 0 radical (unpaired) electrons. The molecule has 0 aliphatic rings. The molecule has 0 saturated carbocycles. The molecule has 0 fully saturated rings. The van der Waals surface area contributed by atoms with Crippen LogP contribution in [-0.2, 0) is 0 Å². The highest BCUT2D eigenvalue weighted by atomic mass is 32.1. The monoisotopic (exact) mass is 268 g/mol. The number of thiophene rings is 1. The van der Waals surface area contributed by atoms with Gasteiger partial charge in [-0.05, 0) is 60.0 Å². The summed E-state index contributed by atoms with van der Waals surface area (Å²) >= 11 is 1.73. The second-order valence-electron chi connectivity index (χ2n) is 4.75. The van der Waals surface area contributed by atoms with Crippen LogP contribution < -0.4 is 5.32 Å². The summed E-state index contributed by atoms with van der Waals surface area (Å²) in [5, 5.41) is 9.07. The lowest BCUT2D eigenvalue weighted by molar-refractivity contribution is 0.892. The van der Waals surface area contributed by atoms with Crippen molar-refractivity contribution in [1.82, 2.24) is 4.98 Å². The fraction of sp³-hybridized carbons (Fsp3) is 0.188. The van der Waals surface area contributed by atoms with Crippen molar-refractivity contribution in [3.05, 3.63) is 58.4 Å². The second-order valence-corrected chi connectivity index (χ2v) is 5.53. The molecule has 96 valence electrons. The van der Waals surface area contributed by atoms with Crippen molar-refractivity contribution in [2.24, 2.45) is 0 Å². The van der Waals surface area contributed by atoms with Crippen LogP contribution in [0.3, 0.4) is 0 Å². The van der Waals surface area contributed by atoms with Crippen molar-refractivity contribution >= 4 is 27.9 Å². The third kappa shape index (κ3) is 2.34. The molecule has 0 spiro atoms. The van der Waals surface area contributed by atoms with Crippen molar-refractivity contribution in [3.63, 3.8) is 0 Å². The van der Waals surface area contributed by atoms with Gasteiger partial charge in [0.1, 0.15) is 0 Å². The predicted molar refractivity (Wildman–Crippen MR) is 82.8 cm³/mol. The quantitative estimate of drug-likeness (QED) is 0.739. The van der Waals surface area contributed by atoms with E-state index in [9.17, 15) is 0 Å². The number of hydrogen-bond donors (Lipinski definition) is 1. The molecular weight excluding hydrogens is 252 g/mol. The van der Waals surface area contributed by atoms with Gasteiger partial charge < -0.3 is 5.32 Å². The number of hydrogen-bond acceptors (Lipinski definition) is 3. The zero-order valence-corrected chi connectivity index (χ0v) is 11.9. The van der Waals surface area contributed by atoms with Crippen molar-refractivity contribution in [3.8, 4) is 0 Å². The summed E-state index contributed by atoms with van der Waals surface area (Å²) in [6.45, 7) is 4.28. The van der Waals surface area contributed by atoms with Crippen molar-refractivity contribution in [2.45, 2.75) is 19.9 Å². The van der Waals surface area contributed by atoms with Crippen LogP contribution in [-0.4, -0.2) is 4.98 Å². The Balaban J connectivity index is 2.00. The lowest BCUT2D eigenvalue weighted by Gasteiger charge is -2.16. The van der Waals surface area contributed by atoms with Gasteiger partial charge in [0.05, 0.1) is 5.52 Å². The molecule has 1 aromatic carbocycles. The topological polar surface area (TPSA) is 24.9 Å². The maximum Gasteiger partial charge on any atom is 0.0751 e. The number of pyridine rings is 1. The maximum atomic E-state index is 4.47. The molecule has 0 aliphatic carbocycles. The van der Waals surface area contributed by atoms with Gasteiger partial charge in [-0.3, -0.25) is 4.98 Å². The first-order valence-corrected chi connectivity index (χ1v) is 7.33. The summed E-state index contributed by atoms with van der Waals surface area (Å²) in [4.78, 5) is 4.47. The SMILES string of the molecule is Cc1ccc(NC(C)c2ccsc2)c2cccnc12. The molecule has 2 aromatic heterocycles. The first-order chi connectivity index (χ1) is 9.25. The van der Waals surface area contributed by atoms with E-state index in [0.29, 0.717) is 6.04 Å². The van der Waals surface area contributed by atoms with Gasteiger partial charge >= 0.3 is 0 Å². The van der Waals surface area contributed by atoms with E-state index in [-0.39, 0.29) is 0 Å². The summed E-state index contributed by atoms with van der Waals surface area (Å²) in [7, 11) is 0. The Morgan fingerprint density at radius 1 is 1.21 bits per heavy atom. The summed E-state index contributed by atoms with van der Waals surface area (Å²) in [5.74, 6) is 0. The van der Waals surface area contributed by atoms with Crippen LogP contribution in [0.25, 0.3) is 10.9 Å². The molecule has 1 unspecified atom stereocenters. The van der Waals surface area contributed by atoms with Crippen LogP contribution in [0, 0.1) is 6.92 Å². The number of benzene rings is 1. The summed E-state index contributed by atoms with van der Waals surface area (Å²) in [6, 6.07) is 10.8. The first-order valence-electron chi connectivity index (χ1n) is 6.38. The fourth-order valence-electron chi connectivity index (χ4n) is 2.28. The minimum Gasteiger partial charge on any atom is -0.378 e. The molecule has 3 rings (SSSR count). The number of nitrogens with one attached hydrogen (secondary N) is 1. The molecule has 1 N–H and O–H groups in total. The maximum absolute atomic E-state index is 4.47. The summed E-state index contributed by atoms with van der Waals surface area (Å²) < 4.78 is 0. The number of rotatable bonds is 3. The van der Waals surface area contributed by atoms with Gasteiger partial charge in [-0.25, -0.2) is 0 Å². The molecule has 0 bridgehead atoms. The van der Waals surface area contributed by atoms with Gasteiger partial charge in [-0.15, -0.1) is 0 Å². The Hall–Kier alpha value is -1.87. The van der Waals surface area contributed by atoms with Gasteiger partial charge in [0, 0.05) is 23.3 Å². The highest BCUT2D eigenvalue weighted by Crippen LogP contribution is 2.28. The molecule has 19 heavy (non-hydrogen) atoms. The van der Waals surface area contributed by atoms with Gasteiger partial charge in [0.25, 0.3) is 0 Å². The highest BCUT2D eigenvalue weighted by Gasteiger charge is 2.09. The van der Waals surface area contributed by atoms with E-state index in [1.54, 1.807) is 11.3 Å². The number of nitrogens with zero attached hydrogens (tertiary/aromatic N) is 1. The van der Waals surface area contributed by atoms with E-state index in [0.717, 1.165) is 11.2 Å². The van der Waals surface area contributed by atoms with Crippen LogP contribution in [0.1, 0.15) is 24.1 Å². The minimum atomic E-state index is 0.303. The molecule has 0 amide bonds. The van der Waals surface area contributed by atoms with Gasteiger partial charge in [0.2, 0.25) is 0 Å². The molecule has 1 atom stereocenters. The lowest BCUT2D eigenvalue weighted by Crippen LogP contribution is -2.06. The fourth-order valence-corrected chi connectivity index (χ4v) is 3.03. The minimum absolute atomic E-state index is 0.303. The van der Waals surface area contributed by atoms with E-state index in [1.165, 1.54) is 16.5 Å². The molecule has 2 heterocycles. The third-order valence-electron chi connectivity index (χ3n) is 3.39. The Bertz CT molecular complexity index is 689. The molecule has 3 aromatic rings. The number of aromatic nitrogens is 1. The van der Waals surface area contributed by atoms with Crippen LogP contribution in [0.15, 0.2) is 47.3 Å². The van der Waals surface area contributed by atoms with Crippen molar-refractivity contribution in [2.75, 3.05) is 5.32 Å². The molecule has 2 nitrogen and oxygen atoms in total. The second kappa shape index (κ2) is 5.02. The highest BCUT2D eigenvalue weighted by molar-refractivity contribution is 7.08. The average molecular weight is 268 g/mol. The Kier molecular flexibility index (Phi) is 3.22. The van der Waals surface area contributed by atoms with Gasteiger partial charge in [-0.2, -0.15) is 11.3 Å². The van der Waals surface area contributed by atoms with Gasteiger partial charge in [0.15, 0.2) is 0 Å². The summed E-state index contributed by atoms with van der Waals surface area (Å²) in [6.07, 6.45) is 1.85. The van der Waals surface area contributed by atoms with E-state index in [2.05, 4.69) is 59.2 Å². The third-order valence-corrected chi connectivity index (χ3v) is 4.09. The average Bonchev–Trinajstić information content (AvgIpc) is 2.96. The molecular formula is C16H16N2S. The standard InChI is InChI=1S/C16H16N2S/c1-11-5-6-15(14-4-3-8-17-16(11)14)18-12(2)13-7-9-19-10-13/h3-10,12,18H,1-2H3. The Labute approximate surface area is 117 Å². The molecule has 0 saturated heterocycles. The van der Waals surface area contributed by atoms with Gasteiger partial charge in [-0.1, -0.05) is 6.07 Å². The Morgan fingerprint density at radius 2 is 2.11 bits per heavy atom. The number of fused-ring (bicyclic) bond motifs is 1. The van der Waals surface area contributed by atoms with E-state index >= 15 is 0 Å². The van der Waals surface area contributed by atoms with Crippen molar-refractivity contribution < 1.29 is 0 Å². The molecule has 0 aliphatic heterocycles. The van der Waals surface area contributed by atoms with E-state index < -0.39 is 0 Å². The van der Waals surface area contributed by atoms with Crippen LogP contribution in [0.2, 0.25) is 0 Å². The van der Waals surface area contributed by atoms with Crippen LogP contribution in [0.4, 0.5) is 5.69 Å². The van der Waals surface area contributed by atoms with E-state index in [1.807, 2.05) is 12.3 Å². The Morgan fingerprint density at radius 3 is 2.89 bits per heavy atom. The summed E-state index contributed by atoms with van der Waals surface area (Å²) in [5.41, 5.74) is 4.75. The zero-order chi connectivity index (χ0) is 13.2. The first kappa shape index (κ1) is 12.2. The smallest absolute Gasteiger partial charge is 0.0751 e. The molecule has 3 heteroatoms. The van der Waals surface area contributed by atoms with Crippen molar-refractivity contribution in [1.29, 1.82) is 0 Å². The van der Waals surface area contributed by atoms with Crippen LogP contribution in [0.5, 0.6) is 0 Å². The van der Waals surface area contributed by atoms with E-state index in [4.69, 9.17) is 0 Å². The zero-order valence-electron chi connectivity index (χ0n) is 11.1. The lowest BCUT2D eigenvalue weighted by atomic mass is 10.1. The number of aryl methyl sites for hydroxylation is 1.